The first-order valence-corrected chi connectivity index (χ1v) is 11.7. The standard InChI is InChI=1S/C16H25N3O7S2/c1-11-9-19(10-12(2)26-11)27(21,22)7-6-18-15-5-4-13(28(17,23)24)8-14(15)16(20)25-3/h4-5,8,11-12,18H,6-7,9-10H2,1-3H3,(H2,17,23,24). The maximum absolute atomic E-state index is 12.6. The molecule has 1 fully saturated rings. The average Bonchev–Trinajstić information content (AvgIpc) is 2.59. The van der Waals surface area contributed by atoms with Crippen LogP contribution in [0, 0.1) is 0 Å². The van der Waals surface area contributed by atoms with Crippen molar-refractivity contribution in [2.45, 2.75) is 31.0 Å². The van der Waals surface area contributed by atoms with E-state index in [0.29, 0.717) is 0 Å². The third-order valence-corrected chi connectivity index (χ3v) is 6.90. The van der Waals surface area contributed by atoms with E-state index in [-0.39, 0.29) is 53.7 Å². The molecule has 28 heavy (non-hydrogen) atoms. The SMILES string of the molecule is COC(=O)c1cc(S(N)(=O)=O)ccc1NCCS(=O)(=O)N1CC(C)OC(C)C1. The number of sulfonamides is 2. The summed E-state index contributed by atoms with van der Waals surface area (Å²) in [5.41, 5.74) is 0.193. The molecule has 0 saturated carbocycles. The van der Waals surface area contributed by atoms with Crippen molar-refractivity contribution in [3.63, 3.8) is 0 Å². The fourth-order valence-corrected chi connectivity index (χ4v) is 4.97. The zero-order valence-electron chi connectivity index (χ0n) is 15.9. The van der Waals surface area contributed by atoms with E-state index in [4.69, 9.17) is 9.88 Å². The van der Waals surface area contributed by atoms with E-state index in [9.17, 15) is 21.6 Å². The lowest BCUT2D eigenvalue weighted by Gasteiger charge is -2.34. The Bertz CT molecular complexity index is 922. The third kappa shape index (κ3) is 5.64. The number of primary sulfonamides is 1. The lowest BCUT2D eigenvalue weighted by atomic mass is 10.2. The number of nitrogens with two attached hydrogens (primary N) is 1. The van der Waals surface area contributed by atoms with Crippen molar-refractivity contribution in [2.75, 3.05) is 37.8 Å². The predicted molar refractivity (Wildman–Crippen MR) is 103 cm³/mol. The number of carbonyl (C=O) groups is 1. The Morgan fingerprint density at radius 3 is 2.39 bits per heavy atom. The smallest absolute Gasteiger partial charge is 0.340 e. The minimum atomic E-state index is -4.00. The summed E-state index contributed by atoms with van der Waals surface area (Å²) >= 11 is 0. The van der Waals surface area contributed by atoms with Gasteiger partial charge in [-0.25, -0.2) is 26.8 Å². The highest BCUT2D eigenvalue weighted by Gasteiger charge is 2.30. The zero-order chi connectivity index (χ0) is 21.1. The molecule has 1 aliphatic rings. The second-order valence-electron chi connectivity index (χ2n) is 6.56. The molecule has 1 aliphatic heterocycles. The summed E-state index contributed by atoms with van der Waals surface area (Å²) in [6.07, 6.45) is -0.383. The number of nitrogens with zero attached hydrogens (tertiary/aromatic N) is 1. The van der Waals surface area contributed by atoms with Crippen molar-refractivity contribution >= 4 is 31.7 Å². The van der Waals surface area contributed by atoms with Gasteiger partial charge in [0, 0.05) is 25.3 Å². The minimum absolute atomic E-state index is 0.0150. The highest BCUT2D eigenvalue weighted by molar-refractivity contribution is 7.89. The van der Waals surface area contributed by atoms with Crippen molar-refractivity contribution in [1.29, 1.82) is 0 Å². The van der Waals surface area contributed by atoms with Crippen LogP contribution in [0.3, 0.4) is 0 Å². The van der Waals surface area contributed by atoms with Gasteiger partial charge in [0.1, 0.15) is 0 Å². The van der Waals surface area contributed by atoms with Crippen molar-refractivity contribution in [3.8, 4) is 0 Å². The summed E-state index contributed by atoms with van der Waals surface area (Å²) < 4.78 is 59.7. The maximum Gasteiger partial charge on any atom is 0.340 e. The number of benzene rings is 1. The Hall–Kier alpha value is -1.73. The van der Waals surface area contributed by atoms with E-state index in [1.54, 1.807) is 0 Å². The Kier molecular flexibility index (Phi) is 7.04. The molecule has 12 heteroatoms. The van der Waals surface area contributed by atoms with Gasteiger partial charge in [0.15, 0.2) is 0 Å². The molecule has 3 N–H and O–H groups in total. The number of morpholine rings is 1. The lowest BCUT2D eigenvalue weighted by Crippen LogP contribution is -2.49. The highest BCUT2D eigenvalue weighted by atomic mass is 32.2. The van der Waals surface area contributed by atoms with Gasteiger partial charge < -0.3 is 14.8 Å². The quantitative estimate of drug-likeness (QED) is 0.568. The summed E-state index contributed by atoms with van der Waals surface area (Å²) in [6.45, 7) is 4.20. The highest BCUT2D eigenvalue weighted by Crippen LogP contribution is 2.21. The molecule has 1 aromatic rings. The number of hydrogen-bond acceptors (Lipinski definition) is 8. The molecule has 0 amide bonds. The van der Waals surface area contributed by atoms with E-state index in [0.717, 1.165) is 13.2 Å². The summed E-state index contributed by atoms with van der Waals surface area (Å²) in [5.74, 6) is -0.976. The fourth-order valence-electron chi connectivity index (χ4n) is 2.93. The number of rotatable bonds is 7. The van der Waals surface area contributed by atoms with Crippen LogP contribution in [0.1, 0.15) is 24.2 Å². The van der Waals surface area contributed by atoms with Crippen LogP contribution in [0.15, 0.2) is 23.1 Å². The van der Waals surface area contributed by atoms with E-state index >= 15 is 0 Å². The topological polar surface area (TPSA) is 145 Å². The van der Waals surface area contributed by atoms with Crippen molar-refractivity contribution < 1.29 is 31.1 Å². The first-order valence-electron chi connectivity index (χ1n) is 8.56. The first-order chi connectivity index (χ1) is 12.9. The molecule has 0 bridgehead atoms. The molecule has 2 unspecified atom stereocenters. The second-order valence-corrected chi connectivity index (χ2v) is 10.2. The number of nitrogens with one attached hydrogen (secondary N) is 1. The molecule has 1 saturated heterocycles. The van der Waals surface area contributed by atoms with Crippen molar-refractivity contribution in [2.24, 2.45) is 5.14 Å². The number of esters is 1. The van der Waals surface area contributed by atoms with E-state index in [2.05, 4.69) is 10.1 Å². The minimum Gasteiger partial charge on any atom is -0.465 e. The number of carbonyl (C=O) groups excluding carboxylic acids is 1. The second kappa shape index (κ2) is 8.74. The monoisotopic (exact) mass is 435 g/mol. The Morgan fingerprint density at radius 1 is 1.25 bits per heavy atom. The third-order valence-electron chi connectivity index (χ3n) is 4.18. The summed E-state index contributed by atoms with van der Waals surface area (Å²) in [4.78, 5) is 11.7. The number of hydrogen-bond donors (Lipinski definition) is 2. The molecule has 2 atom stereocenters. The van der Waals surface area contributed by atoms with Gasteiger partial charge in [-0.1, -0.05) is 0 Å². The molecule has 2 rings (SSSR count). The van der Waals surface area contributed by atoms with Crippen LogP contribution in [0.5, 0.6) is 0 Å². The van der Waals surface area contributed by atoms with Gasteiger partial charge in [-0.3, -0.25) is 0 Å². The van der Waals surface area contributed by atoms with Gasteiger partial charge in [-0.15, -0.1) is 0 Å². The molecule has 0 radical (unpaired) electrons. The van der Waals surface area contributed by atoms with Gasteiger partial charge in [-0.2, -0.15) is 4.31 Å². The Labute approximate surface area is 165 Å². The van der Waals surface area contributed by atoms with Crippen molar-refractivity contribution in [1.82, 2.24) is 4.31 Å². The molecular weight excluding hydrogens is 410 g/mol. The van der Waals surface area contributed by atoms with Gasteiger partial charge >= 0.3 is 5.97 Å². The van der Waals surface area contributed by atoms with Crippen LogP contribution in [0.2, 0.25) is 0 Å². The van der Waals surface area contributed by atoms with Crippen LogP contribution < -0.4 is 10.5 Å². The van der Waals surface area contributed by atoms with Crippen LogP contribution in [-0.2, 0) is 29.5 Å². The van der Waals surface area contributed by atoms with Gasteiger partial charge in [0.2, 0.25) is 20.0 Å². The van der Waals surface area contributed by atoms with E-state index in [1.807, 2.05) is 13.8 Å². The van der Waals surface area contributed by atoms with Crippen LogP contribution in [0.4, 0.5) is 5.69 Å². The van der Waals surface area contributed by atoms with Crippen LogP contribution >= 0.6 is 0 Å². The molecule has 158 valence electrons. The Balaban J connectivity index is 2.12. The first kappa shape index (κ1) is 22.6. The summed E-state index contributed by atoms with van der Waals surface area (Å²) in [7, 11) is -6.38. The Morgan fingerprint density at radius 2 is 1.86 bits per heavy atom. The lowest BCUT2D eigenvalue weighted by molar-refractivity contribution is -0.0440. The molecule has 1 heterocycles. The van der Waals surface area contributed by atoms with Crippen molar-refractivity contribution in [3.05, 3.63) is 23.8 Å². The zero-order valence-corrected chi connectivity index (χ0v) is 17.5. The number of anilines is 1. The number of ether oxygens (including phenoxy) is 2. The number of methoxy groups -OCH3 is 1. The fraction of sp³-hybridized carbons (Fsp3) is 0.562. The normalized spacial score (nSPS) is 21.3. The average molecular weight is 436 g/mol. The van der Waals surface area contributed by atoms with Gasteiger partial charge in [0.05, 0.1) is 35.5 Å². The predicted octanol–water partition coefficient (Wildman–Crippen LogP) is -0.0285. The van der Waals surface area contributed by atoms with Gasteiger partial charge in [0.25, 0.3) is 0 Å². The largest absolute Gasteiger partial charge is 0.465 e. The maximum atomic E-state index is 12.6. The molecule has 1 aromatic carbocycles. The molecule has 0 aromatic heterocycles. The summed E-state index contributed by atoms with van der Waals surface area (Å²) in [5, 5.41) is 7.94. The van der Waals surface area contributed by atoms with Crippen LogP contribution in [-0.4, -0.2) is 71.8 Å². The van der Waals surface area contributed by atoms with E-state index in [1.165, 1.54) is 16.4 Å². The molecule has 0 spiro atoms. The summed E-state index contributed by atoms with van der Waals surface area (Å²) in [6, 6.07) is 3.66. The van der Waals surface area contributed by atoms with Crippen LogP contribution in [0.25, 0.3) is 0 Å². The molecular formula is C16H25N3O7S2. The van der Waals surface area contributed by atoms with Gasteiger partial charge in [-0.05, 0) is 32.0 Å². The molecule has 0 aliphatic carbocycles. The molecule has 10 nitrogen and oxygen atoms in total. The van der Waals surface area contributed by atoms with E-state index < -0.39 is 26.0 Å².